The standard InChI is InChI=1S/C17H23BrN6.HI/c1-3-24-12-22-23-15(24)10-20-16(19-2)21-11-17(8-9-17)13-6-4-5-7-14(13)18;/h4-7,12H,3,8-11H2,1-2H3,(H2,19,20,21);1H. The maximum atomic E-state index is 4.32. The molecule has 1 saturated carbocycles. The molecule has 25 heavy (non-hydrogen) atoms. The van der Waals surface area contributed by atoms with Gasteiger partial charge in [-0.1, -0.05) is 34.1 Å². The van der Waals surface area contributed by atoms with Crippen molar-refractivity contribution in [1.29, 1.82) is 0 Å². The first-order chi connectivity index (χ1) is 11.7. The normalized spacial score (nSPS) is 15.4. The molecule has 2 aromatic rings. The summed E-state index contributed by atoms with van der Waals surface area (Å²) < 4.78 is 3.20. The van der Waals surface area contributed by atoms with Gasteiger partial charge in [0.25, 0.3) is 0 Å². The minimum absolute atomic E-state index is 0. The van der Waals surface area contributed by atoms with Gasteiger partial charge in [0, 0.05) is 30.0 Å². The lowest BCUT2D eigenvalue weighted by molar-refractivity contribution is 0.631. The van der Waals surface area contributed by atoms with Crippen LogP contribution in [0.25, 0.3) is 0 Å². The second kappa shape index (κ2) is 8.98. The van der Waals surface area contributed by atoms with Crippen molar-refractivity contribution in [2.75, 3.05) is 13.6 Å². The Morgan fingerprint density at radius 3 is 2.72 bits per heavy atom. The lowest BCUT2D eigenvalue weighted by Crippen LogP contribution is -2.41. The fourth-order valence-electron chi connectivity index (χ4n) is 2.90. The Bertz CT molecular complexity index is 725. The van der Waals surface area contributed by atoms with Gasteiger partial charge in [-0.3, -0.25) is 4.99 Å². The van der Waals surface area contributed by atoms with Crippen LogP contribution in [0.15, 0.2) is 40.1 Å². The average molecular weight is 519 g/mol. The molecule has 1 heterocycles. The Hall–Kier alpha value is -1.16. The number of nitrogens with one attached hydrogen (secondary N) is 2. The van der Waals surface area contributed by atoms with Gasteiger partial charge in [-0.05, 0) is 31.4 Å². The number of aliphatic imine (C=N–C) groups is 1. The molecule has 0 unspecified atom stereocenters. The monoisotopic (exact) mass is 518 g/mol. The van der Waals surface area contributed by atoms with Gasteiger partial charge in [0.05, 0.1) is 6.54 Å². The summed E-state index contributed by atoms with van der Waals surface area (Å²) in [5.74, 6) is 1.70. The van der Waals surface area contributed by atoms with Crippen LogP contribution in [-0.2, 0) is 18.5 Å². The summed E-state index contributed by atoms with van der Waals surface area (Å²) in [4.78, 5) is 4.32. The van der Waals surface area contributed by atoms with Crippen molar-refractivity contribution in [3.63, 3.8) is 0 Å². The molecule has 0 bridgehead atoms. The molecule has 1 aliphatic carbocycles. The highest BCUT2D eigenvalue weighted by atomic mass is 127. The van der Waals surface area contributed by atoms with Crippen LogP contribution < -0.4 is 10.6 Å². The van der Waals surface area contributed by atoms with Gasteiger partial charge >= 0.3 is 0 Å². The summed E-state index contributed by atoms with van der Waals surface area (Å²) in [7, 11) is 1.79. The average Bonchev–Trinajstić information content (AvgIpc) is 3.25. The third-order valence-electron chi connectivity index (χ3n) is 4.57. The summed E-state index contributed by atoms with van der Waals surface area (Å²) in [5, 5.41) is 14.9. The van der Waals surface area contributed by atoms with Gasteiger partial charge in [0.1, 0.15) is 6.33 Å². The quantitative estimate of drug-likeness (QED) is 0.350. The number of halogens is 2. The number of rotatable bonds is 6. The van der Waals surface area contributed by atoms with E-state index in [9.17, 15) is 0 Å². The molecule has 0 radical (unpaired) electrons. The zero-order chi connectivity index (χ0) is 17.0. The van der Waals surface area contributed by atoms with Crippen LogP contribution >= 0.6 is 39.9 Å². The predicted octanol–water partition coefficient (Wildman–Crippen LogP) is 3.08. The van der Waals surface area contributed by atoms with E-state index in [1.807, 2.05) is 4.57 Å². The molecule has 1 aliphatic rings. The van der Waals surface area contributed by atoms with Gasteiger partial charge in [-0.15, -0.1) is 34.2 Å². The first-order valence-electron chi connectivity index (χ1n) is 8.25. The van der Waals surface area contributed by atoms with Crippen LogP contribution in [0.5, 0.6) is 0 Å². The number of benzene rings is 1. The molecule has 0 aliphatic heterocycles. The maximum Gasteiger partial charge on any atom is 0.191 e. The fourth-order valence-corrected chi connectivity index (χ4v) is 3.61. The second-order valence-electron chi connectivity index (χ2n) is 6.07. The minimum Gasteiger partial charge on any atom is -0.356 e. The van der Waals surface area contributed by atoms with Crippen LogP contribution in [0.3, 0.4) is 0 Å². The van der Waals surface area contributed by atoms with Gasteiger partial charge < -0.3 is 15.2 Å². The number of hydrogen-bond acceptors (Lipinski definition) is 3. The summed E-state index contributed by atoms with van der Waals surface area (Å²) >= 11 is 3.68. The van der Waals surface area contributed by atoms with E-state index in [0.717, 1.165) is 24.9 Å². The Morgan fingerprint density at radius 2 is 2.08 bits per heavy atom. The van der Waals surface area contributed by atoms with Gasteiger partial charge in [-0.2, -0.15) is 0 Å². The molecule has 2 N–H and O–H groups in total. The highest BCUT2D eigenvalue weighted by Crippen LogP contribution is 2.49. The number of nitrogens with zero attached hydrogens (tertiary/aromatic N) is 4. The van der Waals surface area contributed by atoms with E-state index in [-0.39, 0.29) is 29.4 Å². The molecular weight excluding hydrogens is 495 g/mol. The highest BCUT2D eigenvalue weighted by molar-refractivity contribution is 14.0. The van der Waals surface area contributed by atoms with Crippen molar-refractivity contribution in [2.45, 2.75) is 38.3 Å². The molecule has 8 heteroatoms. The fraction of sp³-hybridized carbons (Fsp3) is 0.471. The van der Waals surface area contributed by atoms with E-state index in [1.54, 1.807) is 13.4 Å². The molecule has 1 aromatic carbocycles. The molecule has 0 saturated heterocycles. The number of aryl methyl sites for hydroxylation is 1. The number of hydrogen-bond donors (Lipinski definition) is 2. The van der Waals surface area contributed by atoms with E-state index in [2.05, 4.69) is 72.9 Å². The van der Waals surface area contributed by atoms with Crippen LogP contribution in [0.2, 0.25) is 0 Å². The zero-order valence-electron chi connectivity index (χ0n) is 14.5. The number of aromatic nitrogens is 3. The van der Waals surface area contributed by atoms with Crippen molar-refractivity contribution >= 4 is 45.9 Å². The van der Waals surface area contributed by atoms with Crippen molar-refractivity contribution < 1.29 is 0 Å². The largest absolute Gasteiger partial charge is 0.356 e. The first-order valence-corrected chi connectivity index (χ1v) is 9.04. The van der Waals surface area contributed by atoms with Crippen LogP contribution in [0.4, 0.5) is 0 Å². The molecule has 0 amide bonds. The van der Waals surface area contributed by atoms with Gasteiger partial charge in [0.2, 0.25) is 0 Å². The molecule has 0 atom stereocenters. The van der Waals surface area contributed by atoms with Crippen molar-refractivity contribution in [2.24, 2.45) is 4.99 Å². The van der Waals surface area contributed by atoms with Crippen LogP contribution in [0.1, 0.15) is 31.2 Å². The smallest absolute Gasteiger partial charge is 0.191 e. The maximum absolute atomic E-state index is 4.32. The Labute approximate surface area is 174 Å². The lowest BCUT2D eigenvalue weighted by atomic mass is 9.96. The zero-order valence-corrected chi connectivity index (χ0v) is 18.4. The Balaban J connectivity index is 0.00000225. The van der Waals surface area contributed by atoms with E-state index >= 15 is 0 Å². The van der Waals surface area contributed by atoms with E-state index in [0.29, 0.717) is 6.54 Å². The minimum atomic E-state index is 0. The Morgan fingerprint density at radius 1 is 1.32 bits per heavy atom. The SMILES string of the molecule is CCn1cnnc1CNC(=NC)NCC1(c2ccccc2Br)CC1.I. The van der Waals surface area contributed by atoms with Crippen LogP contribution in [-0.4, -0.2) is 34.3 Å². The molecule has 136 valence electrons. The third kappa shape index (κ3) is 4.72. The number of guanidine groups is 1. The summed E-state index contributed by atoms with van der Waals surface area (Å²) in [5.41, 5.74) is 1.58. The summed E-state index contributed by atoms with van der Waals surface area (Å²) in [6.07, 6.45) is 4.15. The van der Waals surface area contributed by atoms with Gasteiger partial charge in [-0.25, -0.2) is 0 Å². The molecule has 3 rings (SSSR count). The predicted molar refractivity (Wildman–Crippen MR) is 114 cm³/mol. The molecule has 6 nitrogen and oxygen atoms in total. The van der Waals surface area contributed by atoms with E-state index < -0.39 is 0 Å². The second-order valence-corrected chi connectivity index (χ2v) is 6.93. The van der Waals surface area contributed by atoms with Crippen LogP contribution in [0, 0.1) is 0 Å². The van der Waals surface area contributed by atoms with E-state index in [4.69, 9.17) is 0 Å². The topological polar surface area (TPSA) is 67.1 Å². The summed E-state index contributed by atoms with van der Waals surface area (Å²) in [6, 6.07) is 8.48. The first kappa shape index (κ1) is 20.2. The van der Waals surface area contributed by atoms with Crippen molar-refractivity contribution in [3.05, 3.63) is 46.5 Å². The van der Waals surface area contributed by atoms with Gasteiger partial charge in [0.15, 0.2) is 11.8 Å². The van der Waals surface area contributed by atoms with Crippen molar-refractivity contribution in [1.82, 2.24) is 25.4 Å². The molecule has 0 spiro atoms. The summed E-state index contributed by atoms with van der Waals surface area (Å²) in [6.45, 7) is 4.42. The highest BCUT2D eigenvalue weighted by Gasteiger charge is 2.45. The molecule has 1 fully saturated rings. The molecular formula is C17H24BrIN6. The van der Waals surface area contributed by atoms with E-state index in [1.165, 1.54) is 22.9 Å². The third-order valence-corrected chi connectivity index (χ3v) is 5.26. The van der Waals surface area contributed by atoms with Crippen molar-refractivity contribution in [3.8, 4) is 0 Å². The molecule has 1 aromatic heterocycles. The Kier molecular flexibility index (Phi) is 7.24. The lowest BCUT2D eigenvalue weighted by Gasteiger charge is -2.20.